The average Bonchev–Trinajstić information content (AvgIpc) is 2.28. The highest BCUT2D eigenvalue weighted by atomic mass is 16.7. The first kappa shape index (κ1) is 9.36. The average molecular weight is 190 g/mol. The van der Waals surface area contributed by atoms with Gasteiger partial charge in [-0.2, -0.15) is 0 Å². The maximum Gasteiger partial charge on any atom is 0.185 e. The van der Waals surface area contributed by atoms with Crippen LogP contribution in [0.25, 0.3) is 0 Å². The molecule has 1 N–H and O–H groups in total. The van der Waals surface area contributed by atoms with Gasteiger partial charge in [-0.3, -0.25) is 0 Å². The van der Waals surface area contributed by atoms with Gasteiger partial charge in [0.1, 0.15) is 24.4 Å². The van der Waals surface area contributed by atoms with Gasteiger partial charge in [-0.15, -0.1) is 0 Å². The third-order valence-electron chi connectivity index (χ3n) is 2.56. The van der Waals surface area contributed by atoms with Crippen molar-refractivity contribution in [3.05, 3.63) is 0 Å². The van der Waals surface area contributed by atoms with Gasteiger partial charge in [0.2, 0.25) is 0 Å². The van der Waals surface area contributed by atoms with E-state index in [2.05, 4.69) is 0 Å². The Morgan fingerprint density at radius 1 is 1.38 bits per heavy atom. The Balaban J connectivity index is 1.99. The summed E-state index contributed by atoms with van der Waals surface area (Å²) in [5.41, 5.74) is 0. The highest BCUT2D eigenvalue weighted by Gasteiger charge is 2.53. The molecule has 2 fully saturated rings. The van der Waals surface area contributed by atoms with Crippen LogP contribution in [0.2, 0.25) is 0 Å². The summed E-state index contributed by atoms with van der Waals surface area (Å²) in [5.74, 6) is 0. The molecule has 0 bridgehead atoms. The summed E-state index contributed by atoms with van der Waals surface area (Å²) < 4.78 is 20.7. The molecule has 0 aromatic heterocycles. The van der Waals surface area contributed by atoms with Crippen LogP contribution in [0.15, 0.2) is 0 Å². The molecule has 0 radical (unpaired) electrons. The number of hydrogen-bond acceptors (Lipinski definition) is 5. The summed E-state index contributed by atoms with van der Waals surface area (Å²) >= 11 is 0. The van der Waals surface area contributed by atoms with Crippen LogP contribution in [0.1, 0.15) is 0 Å². The minimum Gasteiger partial charge on any atom is -0.387 e. The summed E-state index contributed by atoms with van der Waals surface area (Å²) in [5, 5.41) is 9.70. The van der Waals surface area contributed by atoms with E-state index in [0.717, 1.165) is 0 Å². The highest BCUT2D eigenvalue weighted by molar-refractivity contribution is 4.98. The van der Waals surface area contributed by atoms with E-state index in [1.54, 1.807) is 0 Å². The van der Waals surface area contributed by atoms with Crippen LogP contribution in [0.4, 0.5) is 0 Å². The Kier molecular flexibility index (Phi) is 2.53. The predicted molar refractivity (Wildman–Crippen MR) is 42.2 cm³/mol. The van der Waals surface area contributed by atoms with E-state index in [9.17, 15) is 5.11 Å². The summed E-state index contributed by atoms with van der Waals surface area (Å²) in [7, 11) is 3.04. The van der Waals surface area contributed by atoms with Gasteiger partial charge in [-0.1, -0.05) is 0 Å². The van der Waals surface area contributed by atoms with Gasteiger partial charge >= 0.3 is 0 Å². The monoisotopic (exact) mass is 190 g/mol. The van der Waals surface area contributed by atoms with E-state index in [4.69, 9.17) is 18.9 Å². The molecule has 2 aliphatic rings. The second kappa shape index (κ2) is 3.51. The van der Waals surface area contributed by atoms with Gasteiger partial charge in [0.05, 0.1) is 6.61 Å². The smallest absolute Gasteiger partial charge is 0.185 e. The van der Waals surface area contributed by atoms with Crippen LogP contribution in [-0.4, -0.2) is 56.6 Å². The van der Waals surface area contributed by atoms with Crippen molar-refractivity contribution in [1.29, 1.82) is 0 Å². The molecule has 0 amide bonds. The van der Waals surface area contributed by atoms with E-state index >= 15 is 0 Å². The summed E-state index contributed by atoms with van der Waals surface area (Å²) in [4.78, 5) is 0. The van der Waals surface area contributed by atoms with Crippen LogP contribution in [0, 0.1) is 0 Å². The second-order valence-corrected chi connectivity index (χ2v) is 3.27. The van der Waals surface area contributed by atoms with Gasteiger partial charge in [0.25, 0.3) is 0 Å². The molecule has 0 aromatic carbocycles. The number of aliphatic hydroxyl groups excluding tert-OH is 1. The summed E-state index contributed by atoms with van der Waals surface area (Å²) in [6, 6.07) is 0. The van der Waals surface area contributed by atoms with Crippen molar-refractivity contribution in [2.45, 2.75) is 30.7 Å². The first-order valence-corrected chi connectivity index (χ1v) is 4.28. The normalized spacial score (nSPS) is 43.4. The first-order valence-electron chi connectivity index (χ1n) is 4.28. The molecule has 76 valence electrons. The van der Waals surface area contributed by atoms with Crippen molar-refractivity contribution in [2.24, 2.45) is 0 Å². The van der Waals surface area contributed by atoms with Crippen LogP contribution in [0.3, 0.4) is 0 Å². The topological polar surface area (TPSA) is 57.2 Å². The lowest BCUT2D eigenvalue weighted by molar-refractivity contribution is -0.198. The SMILES string of the molecule is COC(OC)C1OC2COC2C1O. The summed E-state index contributed by atoms with van der Waals surface area (Å²) in [6.07, 6.45) is -1.80. The number of rotatable bonds is 3. The molecular formula is C8H14O5. The van der Waals surface area contributed by atoms with E-state index < -0.39 is 18.5 Å². The molecule has 4 unspecified atom stereocenters. The van der Waals surface area contributed by atoms with Crippen molar-refractivity contribution in [3.8, 4) is 0 Å². The Morgan fingerprint density at radius 3 is 2.38 bits per heavy atom. The van der Waals surface area contributed by atoms with Crippen molar-refractivity contribution in [2.75, 3.05) is 20.8 Å². The van der Waals surface area contributed by atoms with Crippen LogP contribution in [-0.2, 0) is 18.9 Å². The third kappa shape index (κ3) is 1.37. The zero-order valence-electron chi connectivity index (χ0n) is 7.67. The zero-order chi connectivity index (χ0) is 9.42. The van der Waals surface area contributed by atoms with Crippen molar-refractivity contribution in [1.82, 2.24) is 0 Å². The molecule has 5 nitrogen and oxygen atoms in total. The minimum atomic E-state index is -0.649. The zero-order valence-corrected chi connectivity index (χ0v) is 7.67. The van der Waals surface area contributed by atoms with Crippen LogP contribution < -0.4 is 0 Å². The largest absolute Gasteiger partial charge is 0.387 e. The quantitative estimate of drug-likeness (QED) is 0.586. The van der Waals surface area contributed by atoms with Crippen molar-refractivity contribution < 1.29 is 24.1 Å². The Labute approximate surface area is 76.5 Å². The Hall–Kier alpha value is -0.200. The lowest BCUT2D eigenvalue weighted by Gasteiger charge is -2.30. The Bertz CT molecular complexity index is 179. The number of ether oxygens (including phenoxy) is 4. The number of aliphatic hydroxyl groups is 1. The fraction of sp³-hybridized carbons (Fsp3) is 1.00. The minimum absolute atomic E-state index is 0.00722. The Morgan fingerprint density at radius 2 is 2.08 bits per heavy atom. The molecule has 2 heterocycles. The molecule has 2 rings (SSSR count). The van der Waals surface area contributed by atoms with Crippen molar-refractivity contribution in [3.63, 3.8) is 0 Å². The van der Waals surface area contributed by atoms with Crippen LogP contribution in [0.5, 0.6) is 0 Å². The maximum absolute atomic E-state index is 9.70. The molecular weight excluding hydrogens is 176 g/mol. The van der Waals surface area contributed by atoms with Gasteiger partial charge in [-0.05, 0) is 0 Å². The molecule has 0 aliphatic carbocycles. The molecule has 2 aliphatic heterocycles. The predicted octanol–water partition coefficient (Wildman–Crippen LogP) is -0.868. The maximum atomic E-state index is 9.70. The van der Waals surface area contributed by atoms with E-state index in [0.29, 0.717) is 6.61 Å². The fourth-order valence-electron chi connectivity index (χ4n) is 1.78. The van der Waals surface area contributed by atoms with E-state index in [-0.39, 0.29) is 12.2 Å². The van der Waals surface area contributed by atoms with Gasteiger partial charge in [-0.25, -0.2) is 0 Å². The molecule has 2 saturated heterocycles. The summed E-state index contributed by atoms with van der Waals surface area (Å²) in [6.45, 7) is 0.554. The lowest BCUT2D eigenvalue weighted by atomic mass is 10.0. The van der Waals surface area contributed by atoms with E-state index in [1.165, 1.54) is 14.2 Å². The number of hydrogen-bond donors (Lipinski definition) is 1. The second-order valence-electron chi connectivity index (χ2n) is 3.27. The molecule has 5 heteroatoms. The number of methoxy groups -OCH3 is 2. The lowest BCUT2D eigenvalue weighted by Crippen LogP contribution is -2.47. The molecule has 0 spiro atoms. The van der Waals surface area contributed by atoms with Gasteiger partial charge < -0.3 is 24.1 Å². The third-order valence-corrected chi connectivity index (χ3v) is 2.56. The first-order chi connectivity index (χ1) is 6.27. The highest BCUT2D eigenvalue weighted by Crippen LogP contribution is 2.33. The molecule has 0 saturated carbocycles. The van der Waals surface area contributed by atoms with Crippen LogP contribution >= 0.6 is 0 Å². The van der Waals surface area contributed by atoms with Gasteiger partial charge in [0.15, 0.2) is 6.29 Å². The standard InChI is InChI=1S/C8H14O5/c1-10-8(11-2)7-5(9)6-4(13-7)3-12-6/h4-9H,3H2,1-2H3. The number of fused-ring (bicyclic) bond motifs is 1. The van der Waals surface area contributed by atoms with Gasteiger partial charge in [0, 0.05) is 14.2 Å². The fourth-order valence-corrected chi connectivity index (χ4v) is 1.78. The molecule has 0 aromatic rings. The molecule has 13 heavy (non-hydrogen) atoms. The van der Waals surface area contributed by atoms with Crippen molar-refractivity contribution >= 4 is 0 Å². The molecule has 4 atom stereocenters. The van der Waals surface area contributed by atoms with E-state index in [1.807, 2.05) is 0 Å².